The molecule has 1 amide bonds. The molecular weight excluding hydrogens is 304 g/mol. The van der Waals surface area contributed by atoms with Crippen molar-refractivity contribution in [2.45, 2.75) is 51.1 Å². The van der Waals surface area contributed by atoms with Gasteiger partial charge in [-0.05, 0) is 25.8 Å². The van der Waals surface area contributed by atoms with E-state index in [2.05, 4.69) is 10.2 Å². The van der Waals surface area contributed by atoms with Crippen LogP contribution in [0.15, 0.2) is 24.3 Å². The Morgan fingerprint density at radius 3 is 2.71 bits per heavy atom. The molecular formula is C19H30N2O3. The number of methoxy groups -OCH3 is 1. The van der Waals surface area contributed by atoms with Crippen molar-refractivity contribution in [2.75, 3.05) is 26.8 Å². The van der Waals surface area contributed by atoms with Crippen molar-refractivity contribution in [2.24, 2.45) is 0 Å². The summed E-state index contributed by atoms with van der Waals surface area (Å²) in [5, 5.41) is 12.4. The number of nitrogens with one attached hydrogen (secondary N) is 1. The molecule has 1 fully saturated rings. The van der Waals surface area contributed by atoms with Crippen molar-refractivity contribution in [3.05, 3.63) is 29.8 Å². The topological polar surface area (TPSA) is 61.8 Å². The van der Waals surface area contributed by atoms with Gasteiger partial charge in [0.15, 0.2) is 0 Å². The maximum atomic E-state index is 12.5. The number of ether oxygens (including phenoxy) is 1. The summed E-state index contributed by atoms with van der Waals surface area (Å²) in [7, 11) is 1.64. The highest BCUT2D eigenvalue weighted by atomic mass is 16.5. The van der Waals surface area contributed by atoms with E-state index < -0.39 is 0 Å². The number of hydrogen-bond donors (Lipinski definition) is 2. The lowest BCUT2D eigenvalue weighted by molar-refractivity contribution is -0.123. The Balaban J connectivity index is 1.94. The summed E-state index contributed by atoms with van der Waals surface area (Å²) in [6.45, 7) is 2.95. The Hall–Kier alpha value is -1.59. The molecule has 134 valence electrons. The Bertz CT molecular complexity index is 515. The van der Waals surface area contributed by atoms with Crippen LogP contribution in [0.5, 0.6) is 5.75 Å². The van der Waals surface area contributed by atoms with E-state index >= 15 is 0 Å². The third-order valence-electron chi connectivity index (χ3n) is 4.81. The molecule has 1 aromatic carbocycles. The van der Waals surface area contributed by atoms with Crippen molar-refractivity contribution in [1.29, 1.82) is 0 Å². The lowest BCUT2D eigenvalue weighted by atomic mass is 9.94. The van der Waals surface area contributed by atoms with Gasteiger partial charge in [0.25, 0.3) is 0 Å². The van der Waals surface area contributed by atoms with Gasteiger partial charge in [0.1, 0.15) is 5.75 Å². The first-order valence-corrected chi connectivity index (χ1v) is 8.93. The van der Waals surface area contributed by atoms with Crippen LogP contribution >= 0.6 is 0 Å². The van der Waals surface area contributed by atoms with Crippen LogP contribution in [0.3, 0.4) is 0 Å². The molecule has 2 N–H and O–H groups in total. The van der Waals surface area contributed by atoms with E-state index in [0.717, 1.165) is 24.2 Å². The second-order valence-corrected chi connectivity index (χ2v) is 6.52. The molecule has 0 heterocycles. The fraction of sp³-hybridized carbons (Fsp3) is 0.632. The van der Waals surface area contributed by atoms with Crippen LogP contribution in [0.25, 0.3) is 0 Å². The zero-order valence-electron chi connectivity index (χ0n) is 14.8. The molecule has 0 spiro atoms. The van der Waals surface area contributed by atoms with Gasteiger partial charge in [-0.3, -0.25) is 9.69 Å². The summed E-state index contributed by atoms with van der Waals surface area (Å²) in [5.74, 6) is 0.775. The number of amides is 1. The van der Waals surface area contributed by atoms with E-state index in [4.69, 9.17) is 4.74 Å². The highest BCUT2D eigenvalue weighted by Crippen LogP contribution is 2.25. The van der Waals surface area contributed by atoms with Crippen molar-refractivity contribution in [1.82, 2.24) is 10.2 Å². The maximum absolute atomic E-state index is 12.5. The SMILES string of the molecule is COc1ccccc1C(C)NC(=O)CN(CCO)C1CCCCC1. The van der Waals surface area contributed by atoms with Gasteiger partial charge in [0.05, 0.1) is 26.3 Å². The molecule has 2 rings (SSSR count). The summed E-state index contributed by atoms with van der Waals surface area (Å²) in [4.78, 5) is 14.6. The molecule has 5 nitrogen and oxygen atoms in total. The van der Waals surface area contributed by atoms with Gasteiger partial charge in [0.2, 0.25) is 5.91 Å². The number of hydrogen-bond acceptors (Lipinski definition) is 4. The van der Waals surface area contributed by atoms with E-state index in [0.29, 0.717) is 19.1 Å². The zero-order valence-corrected chi connectivity index (χ0v) is 14.8. The highest BCUT2D eigenvalue weighted by Gasteiger charge is 2.23. The number of carbonyl (C=O) groups excluding carboxylic acids is 1. The molecule has 1 aromatic rings. The predicted molar refractivity (Wildman–Crippen MR) is 95.1 cm³/mol. The Morgan fingerprint density at radius 2 is 2.04 bits per heavy atom. The zero-order chi connectivity index (χ0) is 17.4. The first kappa shape index (κ1) is 18.7. The Labute approximate surface area is 145 Å². The summed E-state index contributed by atoms with van der Waals surface area (Å²) < 4.78 is 5.37. The molecule has 24 heavy (non-hydrogen) atoms. The fourth-order valence-corrected chi connectivity index (χ4v) is 3.54. The average Bonchev–Trinajstić information content (AvgIpc) is 2.62. The quantitative estimate of drug-likeness (QED) is 0.767. The third kappa shape index (κ3) is 5.21. The van der Waals surface area contributed by atoms with Crippen LogP contribution in [0.1, 0.15) is 50.6 Å². The van der Waals surface area contributed by atoms with Crippen molar-refractivity contribution in [3.8, 4) is 5.75 Å². The molecule has 0 saturated heterocycles. The van der Waals surface area contributed by atoms with E-state index in [1.807, 2.05) is 31.2 Å². The monoisotopic (exact) mass is 334 g/mol. The van der Waals surface area contributed by atoms with Gasteiger partial charge >= 0.3 is 0 Å². The van der Waals surface area contributed by atoms with Crippen LogP contribution in [-0.4, -0.2) is 48.8 Å². The molecule has 1 aliphatic carbocycles. The third-order valence-corrected chi connectivity index (χ3v) is 4.81. The average molecular weight is 334 g/mol. The van der Waals surface area contributed by atoms with E-state index in [9.17, 15) is 9.90 Å². The molecule has 0 bridgehead atoms. The van der Waals surface area contributed by atoms with E-state index in [1.54, 1.807) is 7.11 Å². The standard InChI is InChI=1S/C19H30N2O3/c1-15(17-10-6-7-11-18(17)24-2)20-19(23)14-21(12-13-22)16-8-4-3-5-9-16/h6-7,10-11,15-16,22H,3-5,8-9,12-14H2,1-2H3,(H,20,23). The minimum atomic E-state index is -0.115. The van der Waals surface area contributed by atoms with Gasteiger partial charge < -0.3 is 15.2 Å². The lowest BCUT2D eigenvalue weighted by Gasteiger charge is -2.33. The van der Waals surface area contributed by atoms with Crippen LogP contribution < -0.4 is 10.1 Å². The summed E-state index contributed by atoms with van der Waals surface area (Å²) in [6.07, 6.45) is 5.95. The predicted octanol–water partition coefficient (Wildman–Crippen LogP) is 2.50. The van der Waals surface area contributed by atoms with Crippen molar-refractivity contribution >= 4 is 5.91 Å². The number of para-hydroxylation sites is 1. The second kappa shape index (κ2) is 9.64. The number of carbonyl (C=O) groups is 1. The maximum Gasteiger partial charge on any atom is 0.234 e. The Kier molecular flexibility index (Phi) is 7.53. The smallest absolute Gasteiger partial charge is 0.234 e. The lowest BCUT2D eigenvalue weighted by Crippen LogP contribution is -2.45. The summed E-state index contributed by atoms with van der Waals surface area (Å²) in [5.41, 5.74) is 0.972. The van der Waals surface area contributed by atoms with Crippen molar-refractivity contribution < 1.29 is 14.6 Å². The molecule has 0 radical (unpaired) electrons. The van der Waals surface area contributed by atoms with E-state index in [-0.39, 0.29) is 18.6 Å². The van der Waals surface area contributed by atoms with Gasteiger partial charge in [-0.1, -0.05) is 37.5 Å². The first-order chi connectivity index (χ1) is 11.7. The number of nitrogens with zero attached hydrogens (tertiary/aromatic N) is 1. The molecule has 1 saturated carbocycles. The van der Waals surface area contributed by atoms with Crippen LogP contribution in [0, 0.1) is 0 Å². The molecule has 0 aromatic heterocycles. The summed E-state index contributed by atoms with van der Waals surface area (Å²) >= 11 is 0. The number of rotatable bonds is 8. The summed E-state index contributed by atoms with van der Waals surface area (Å²) in [6, 6.07) is 8.03. The van der Waals surface area contributed by atoms with Crippen LogP contribution in [0.2, 0.25) is 0 Å². The minimum absolute atomic E-state index is 0.00701. The van der Waals surface area contributed by atoms with Gasteiger partial charge in [-0.15, -0.1) is 0 Å². The fourth-order valence-electron chi connectivity index (χ4n) is 3.54. The number of aliphatic hydroxyl groups excluding tert-OH is 1. The normalized spacial score (nSPS) is 16.8. The largest absolute Gasteiger partial charge is 0.496 e. The van der Waals surface area contributed by atoms with Crippen LogP contribution in [-0.2, 0) is 4.79 Å². The molecule has 5 heteroatoms. The number of benzene rings is 1. The number of aliphatic hydroxyl groups is 1. The highest BCUT2D eigenvalue weighted by molar-refractivity contribution is 5.78. The van der Waals surface area contributed by atoms with E-state index in [1.165, 1.54) is 19.3 Å². The minimum Gasteiger partial charge on any atom is -0.496 e. The molecule has 1 aliphatic rings. The first-order valence-electron chi connectivity index (χ1n) is 8.93. The second-order valence-electron chi connectivity index (χ2n) is 6.52. The molecule has 0 aliphatic heterocycles. The van der Waals surface area contributed by atoms with Gasteiger partial charge in [-0.25, -0.2) is 0 Å². The molecule has 1 atom stereocenters. The van der Waals surface area contributed by atoms with Gasteiger partial charge in [0, 0.05) is 18.2 Å². The Morgan fingerprint density at radius 1 is 1.33 bits per heavy atom. The van der Waals surface area contributed by atoms with Crippen molar-refractivity contribution in [3.63, 3.8) is 0 Å². The molecule has 1 unspecified atom stereocenters. The van der Waals surface area contributed by atoms with Gasteiger partial charge in [-0.2, -0.15) is 0 Å². The van der Waals surface area contributed by atoms with Crippen LogP contribution in [0.4, 0.5) is 0 Å².